The molecule has 1 unspecified atom stereocenters. The van der Waals surface area contributed by atoms with Gasteiger partial charge in [-0.1, -0.05) is 6.07 Å². The van der Waals surface area contributed by atoms with E-state index in [2.05, 4.69) is 10.4 Å². The van der Waals surface area contributed by atoms with Crippen LogP contribution in [0, 0.1) is 11.8 Å². The zero-order valence-corrected chi connectivity index (χ0v) is 10.5. The Kier molecular flexibility index (Phi) is 3.59. The minimum atomic E-state index is -0.656. The Hall–Kier alpha value is -2.24. The maximum Gasteiger partial charge on any atom is 0.233 e. The van der Waals surface area contributed by atoms with Crippen LogP contribution in [0.1, 0.15) is 18.5 Å². The van der Waals surface area contributed by atoms with Gasteiger partial charge in [0, 0.05) is 18.7 Å². The van der Waals surface area contributed by atoms with Crippen molar-refractivity contribution < 1.29 is 13.6 Å². The van der Waals surface area contributed by atoms with Gasteiger partial charge in [-0.15, -0.1) is 5.10 Å². The number of carbonyl (C=O) groups is 1. The van der Waals surface area contributed by atoms with Gasteiger partial charge in [-0.05, 0) is 24.6 Å². The number of hydrogen-bond acceptors (Lipinski definition) is 2. The second kappa shape index (κ2) is 5.17. The fraction of sp³-hybridized carbons (Fsp3) is 0.231. The number of carbonyl (C=O) groups excluding carboxylic acids is 1. The van der Waals surface area contributed by atoms with Gasteiger partial charge >= 0.3 is 0 Å². The van der Waals surface area contributed by atoms with E-state index in [0.29, 0.717) is 17.7 Å². The summed E-state index contributed by atoms with van der Waals surface area (Å²) in [5.41, 5.74) is 1.26. The molecule has 1 aromatic carbocycles. The van der Waals surface area contributed by atoms with Gasteiger partial charge < -0.3 is 5.32 Å². The van der Waals surface area contributed by atoms with Crippen molar-refractivity contribution in [3.63, 3.8) is 0 Å². The van der Waals surface area contributed by atoms with Gasteiger partial charge in [0.1, 0.15) is 5.82 Å². The summed E-state index contributed by atoms with van der Waals surface area (Å²) >= 11 is 0. The molecular weight excluding hydrogens is 252 g/mol. The summed E-state index contributed by atoms with van der Waals surface area (Å²) in [5.74, 6) is -1.14. The lowest BCUT2D eigenvalue weighted by Crippen LogP contribution is -2.16. The van der Waals surface area contributed by atoms with E-state index in [4.69, 9.17) is 0 Å². The van der Waals surface area contributed by atoms with Crippen LogP contribution in [0.4, 0.5) is 8.78 Å². The van der Waals surface area contributed by atoms with Crippen LogP contribution in [0.25, 0.3) is 11.3 Å². The van der Waals surface area contributed by atoms with Crippen LogP contribution < -0.4 is 5.32 Å². The number of nitrogens with one attached hydrogen (secondary N) is 1. The highest BCUT2D eigenvalue weighted by Gasteiger charge is 2.13. The normalized spacial score (nSPS) is 12.2. The molecule has 19 heavy (non-hydrogen) atoms. The van der Waals surface area contributed by atoms with Gasteiger partial charge in [-0.3, -0.25) is 9.48 Å². The van der Waals surface area contributed by atoms with Crippen molar-refractivity contribution in [3.8, 4) is 11.3 Å². The van der Waals surface area contributed by atoms with Crippen LogP contribution in [-0.2, 0) is 11.8 Å². The first kappa shape index (κ1) is 13.2. The Balaban J connectivity index is 2.39. The van der Waals surface area contributed by atoms with Gasteiger partial charge in [0.25, 0.3) is 0 Å². The van der Waals surface area contributed by atoms with Crippen molar-refractivity contribution in [2.75, 3.05) is 0 Å². The average Bonchev–Trinajstić information content (AvgIpc) is 2.68. The highest BCUT2D eigenvalue weighted by Crippen LogP contribution is 2.25. The first-order valence-corrected chi connectivity index (χ1v) is 5.72. The molecule has 2 rings (SSSR count). The SMILES string of the molecule is CC(NC=O)c1ccc(-c2cc(F)nn2C)c(F)c1. The first-order chi connectivity index (χ1) is 9.02. The number of hydrogen-bond donors (Lipinski definition) is 1. The molecule has 0 saturated carbocycles. The van der Waals surface area contributed by atoms with Crippen LogP contribution in [0.15, 0.2) is 24.3 Å². The molecule has 100 valence electrons. The lowest BCUT2D eigenvalue weighted by Gasteiger charge is -2.12. The van der Waals surface area contributed by atoms with E-state index in [1.165, 1.54) is 16.8 Å². The lowest BCUT2D eigenvalue weighted by molar-refractivity contribution is -0.110. The Morgan fingerprint density at radius 1 is 1.37 bits per heavy atom. The fourth-order valence-corrected chi connectivity index (χ4v) is 1.89. The van der Waals surface area contributed by atoms with Gasteiger partial charge in [0.15, 0.2) is 0 Å². The largest absolute Gasteiger partial charge is 0.352 e. The van der Waals surface area contributed by atoms with E-state index in [1.54, 1.807) is 26.1 Å². The Morgan fingerprint density at radius 2 is 2.11 bits per heavy atom. The molecule has 1 aromatic heterocycles. The molecular formula is C13H13F2N3O. The van der Waals surface area contributed by atoms with Crippen molar-refractivity contribution >= 4 is 6.41 Å². The Bertz CT molecular complexity index is 610. The standard InChI is InChI=1S/C13H13F2N3O/c1-8(16-7-19)9-3-4-10(11(14)5-9)12-6-13(15)17-18(12)2/h3-8H,1-2H3,(H,16,19). The molecule has 0 aliphatic heterocycles. The third-order valence-electron chi connectivity index (χ3n) is 2.94. The second-order valence-electron chi connectivity index (χ2n) is 4.22. The number of nitrogens with zero attached hydrogens (tertiary/aromatic N) is 2. The molecule has 0 aliphatic rings. The maximum absolute atomic E-state index is 14.0. The van der Waals surface area contributed by atoms with Crippen LogP contribution in [-0.4, -0.2) is 16.2 Å². The zero-order valence-electron chi connectivity index (χ0n) is 10.5. The van der Waals surface area contributed by atoms with Crippen molar-refractivity contribution in [1.29, 1.82) is 0 Å². The number of aryl methyl sites for hydroxylation is 1. The molecule has 0 bridgehead atoms. The zero-order chi connectivity index (χ0) is 14.0. The summed E-state index contributed by atoms with van der Waals surface area (Å²) < 4.78 is 28.3. The molecule has 0 radical (unpaired) electrons. The predicted octanol–water partition coefficient (Wildman–Crippen LogP) is 2.17. The van der Waals surface area contributed by atoms with Crippen molar-refractivity contribution in [3.05, 3.63) is 41.6 Å². The molecule has 0 aliphatic carbocycles. The third kappa shape index (κ3) is 2.62. The van der Waals surface area contributed by atoms with Crippen LogP contribution in [0.2, 0.25) is 0 Å². The van der Waals surface area contributed by atoms with E-state index >= 15 is 0 Å². The topological polar surface area (TPSA) is 46.9 Å². The maximum atomic E-state index is 14.0. The molecule has 1 atom stereocenters. The number of benzene rings is 1. The Labute approximate surface area is 109 Å². The molecule has 1 amide bonds. The van der Waals surface area contributed by atoms with Crippen molar-refractivity contribution in [2.45, 2.75) is 13.0 Å². The highest BCUT2D eigenvalue weighted by atomic mass is 19.1. The van der Waals surface area contributed by atoms with E-state index < -0.39 is 11.8 Å². The Morgan fingerprint density at radius 3 is 2.63 bits per heavy atom. The molecule has 6 heteroatoms. The molecule has 0 fully saturated rings. The molecule has 0 saturated heterocycles. The summed E-state index contributed by atoms with van der Waals surface area (Å²) in [6, 6.07) is 5.44. The monoisotopic (exact) mass is 265 g/mol. The van der Waals surface area contributed by atoms with Gasteiger partial charge in [0.05, 0.1) is 11.7 Å². The number of amides is 1. The van der Waals surface area contributed by atoms with Crippen molar-refractivity contribution in [2.24, 2.45) is 7.05 Å². The van der Waals surface area contributed by atoms with Crippen molar-refractivity contribution in [1.82, 2.24) is 15.1 Å². The summed E-state index contributed by atoms with van der Waals surface area (Å²) in [5, 5.41) is 6.08. The first-order valence-electron chi connectivity index (χ1n) is 5.72. The van der Waals surface area contributed by atoms with E-state index in [9.17, 15) is 13.6 Å². The van der Waals surface area contributed by atoms with Crippen LogP contribution in [0.3, 0.4) is 0 Å². The molecule has 4 nitrogen and oxygen atoms in total. The number of aromatic nitrogens is 2. The third-order valence-corrected chi connectivity index (χ3v) is 2.94. The quantitative estimate of drug-likeness (QED) is 0.861. The number of halogens is 2. The fourth-order valence-electron chi connectivity index (χ4n) is 1.89. The average molecular weight is 265 g/mol. The smallest absolute Gasteiger partial charge is 0.233 e. The highest BCUT2D eigenvalue weighted by molar-refractivity contribution is 5.61. The number of rotatable bonds is 4. The summed E-state index contributed by atoms with van der Waals surface area (Å²) in [6.07, 6.45) is 0.562. The molecule has 1 heterocycles. The van der Waals surface area contributed by atoms with Gasteiger partial charge in [0.2, 0.25) is 12.4 Å². The molecule has 2 aromatic rings. The van der Waals surface area contributed by atoms with Crippen LogP contribution in [0.5, 0.6) is 0 Å². The van der Waals surface area contributed by atoms with Gasteiger partial charge in [-0.25, -0.2) is 4.39 Å². The summed E-state index contributed by atoms with van der Waals surface area (Å²) in [7, 11) is 1.54. The van der Waals surface area contributed by atoms with E-state index in [-0.39, 0.29) is 11.6 Å². The molecule has 1 N–H and O–H groups in total. The van der Waals surface area contributed by atoms with Crippen LogP contribution >= 0.6 is 0 Å². The minimum Gasteiger partial charge on any atom is -0.352 e. The minimum absolute atomic E-state index is 0.265. The van der Waals surface area contributed by atoms with Gasteiger partial charge in [-0.2, -0.15) is 4.39 Å². The summed E-state index contributed by atoms with van der Waals surface area (Å²) in [4.78, 5) is 10.4. The van der Waals surface area contributed by atoms with E-state index in [1.807, 2.05) is 0 Å². The van der Waals surface area contributed by atoms with E-state index in [0.717, 1.165) is 0 Å². The predicted molar refractivity (Wildman–Crippen MR) is 66.2 cm³/mol. The lowest BCUT2D eigenvalue weighted by atomic mass is 10.0. The summed E-state index contributed by atoms with van der Waals surface area (Å²) in [6.45, 7) is 1.74. The second-order valence-corrected chi connectivity index (χ2v) is 4.22. The molecule has 0 spiro atoms.